The van der Waals surface area contributed by atoms with E-state index in [1.165, 1.54) is 0 Å². The van der Waals surface area contributed by atoms with Crippen LogP contribution in [0.4, 0.5) is 5.69 Å². The molecule has 2 rings (SSSR count). The molecule has 128 valence electrons. The van der Waals surface area contributed by atoms with Crippen molar-refractivity contribution < 1.29 is 9.59 Å². The number of hydrogen-bond donors (Lipinski definition) is 2. The molecule has 2 amide bonds. The van der Waals surface area contributed by atoms with Gasteiger partial charge in [-0.15, -0.1) is 12.4 Å². The minimum atomic E-state index is -0.687. The zero-order chi connectivity index (χ0) is 16.2. The van der Waals surface area contributed by atoms with Crippen molar-refractivity contribution >= 4 is 29.9 Å². The maximum Gasteiger partial charge on any atom is 0.253 e. The second kappa shape index (κ2) is 8.31. The van der Waals surface area contributed by atoms with Gasteiger partial charge in [0.2, 0.25) is 5.91 Å². The predicted molar refractivity (Wildman–Crippen MR) is 95.0 cm³/mol. The summed E-state index contributed by atoms with van der Waals surface area (Å²) in [5.41, 5.74) is 6.49. The minimum Gasteiger partial charge on any atom is -0.339 e. The SMILES string of the molecule is CCCN(CCC)C(=O)c1ccc(NC(=O)C2(N)CC2)cc1.Cl. The van der Waals surface area contributed by atoms with E-state index in [-0.39, 0.29) is 24.2 Å². The molecule has 23 heavy (non-hydrogen) atoms. The normalized spacial score (nSPS) is 14.6. The maximum absolute atomic E-state index is 12.4. The molecule has 1 aliphatic rings. The number of hydrogen-bond acceptors (Lipinski definition) is 3. The van der Waals surface area contributed by atoms with Crippen molar-refractivity contribution in [1.82, 2.24) is 4.90 Å². The molecular formula is C17H26ClN3O2. The Labute approximate surface area is 144 Å². The summed E-state index contributed by atoms with van der Waals surface area (Å²) in [6, 6.07) is 7.03. The van der Waals surface area contributed by atoms with Crippen molar-refractivity contribution in [3.05, 3.63) is 29.8 Å². The summed E-state index contributed by atoms with van der Waals surface area (Å²) >= 11 is 0. The maximum atomic E-state index is 12.4. The third-order valence-corrected chi connectivity index (χ3v) is 3.90. The zero-order valence-electron chi connectivity index (χ0n) is 13.8. The Morgan fingerprint density at radius 2 is 1.65 bits per heavy atom. The molecule has 1 aromatic rings. The number of carbonyl (C=O) groups excluding carboxylic acids is 2. The van der Waals surface area contributed by atoms with Crippen LogP contribution in [0.25, 0.3) is 0 Å². The van der Waals surface area contributed by atoms with Crippen molar-refractivity contribution in [3.8, 4) is 0 Å². The monoisotopic (exact) mass is 339 g/mol. The third-order valence-electron chi connectivity index (χ3n) is 3.90. The molecule has 1 saturated carbocycles. The molecule has 1 fully saturated rings. The van der Waals surface area contributed by atoms with E-state index >= 15 is 0 Å². The van der Waals surface area contributed by atoms with E-state index in [1.54, 1.807) is 24.3 Å². The molecule has 5 nitrogen and oxygen atoms in total. The first-order valence-corrected chi connectivity index (χ1v) is 8.00. The Hall–Kier alpha value is -1.59. The molecule has 0 bridgehead atoms. The van der Waals surface area contributed by atoms with E-state index in [0.717, 1.165) is 38.8 Å². The number of benzene rings is 1. The molecule has 0 aliphatic heterocycles. The van der Waals surface area contributed by atoms with Crippen LogP contribution >= 0.6 is 12.4 Å². The molecule has 0 heterocycles. The highest BCUT2D eigenvalue weighted by Gasteiger charge is 2.45. The minimum absolute atomic E-state index is 0. The van der Waals surface area contributed by atoms with Crippen molar-refractivity contribution in [2.45, 2.75) is 45.1 Å². The Balaban J connectivity index is 0.00000264. The molecule has 3 N–H and O–H groups in total. The van der Waals surface area contributed by atoms with Crippen LogP contribution in [0.1, 0.15) is 49.9 Å². The predicted octanol–water partition coefficient (Wildman–Crippen LogP) is 2.80. The number of amides is 2. The lowest BCUT2D eigenvalue weighted by Gasteiger charge is -2.21. The molecular weight excluding hydrogens is 314 g/mol. The third kappa shape index (κ3) is 4.94. The molecule has 0 saturated heterocycles. The quantitative estimate of drug-likeness (QED) is 0.802. The highest BCUT2D eigenvalue weighted by Crippen LogP contribution is 2.33. The van der Waals surface area contributed by atoms with Gasteiger partial charge in [0.1, 0.15) is 0 Å². The van der Waals surface area contributed by atoms with Gasteiger partial charge in [-0.3, -0.25) is 9.59 Å². The number of nitrogens with two attached hydrogens (primary N) is 1. The zero-order valence-corrected chi connectivity index (χ0v) is 14.6. The van der Waals surface area contributed by atoms with Crippen LogP contribution in [-0.4, -0.2) is 35.3 Å². The average Bonchev–Trinajstić information content (AvgIpc) is 3.26. The first-order valence-electron chi connectivity index (χ1n) is 8.00. The summed E-state index contributed by atoms with van der Waals surface area (Å²) in [4.78, 5) is 26.2. The van der Waals surface area contributed by atoms with E-state index in [9.17, 15) is 9.59 Å². The van der Waals surface area contributed by atoms with E-state index in [2.05, 4.69) is 19.2 Å². The fraction of sp³-hybridized carbons (Fsp3) is 0.529. The lowest BCUT2D eigenvalue weighted by molar-refractivity contribution is -0.118. The van der Waals surface area contributed by atoms with Crippen LogP contribution in [0.2, 0.25) is 0 Å². The van der Waals surface area contributed by atoms with Crippen molar-refractivity contribution in [2.24, 2.45) is 5.73 Å². The van der Waals surface area contributed by atoms with Gasteiger partial charge in [-0.25, -0.2) is 0 Å². The highest BCUT2D eigenvalue weighted by atomic mass is 35.5. The fourth-order valence-electron chi connectivity index (χ4n) is 2.35. The van der Waals surface area contributed by atoms with Gasteiger partial charge in [0.05, 0.1) is 5.54 Å². The van der Waals surface area contributed by atoms with Gasteiger partial charge in [-0.1, -0.05) is 13.8 Å². The van der Waals surface area contributed by atoms with Crippen LogP contribution < -0.4 is 11.1 Å². The topological polar surface area (TPSA) is 75.4 Å². The first-order chi connectivity index (χ1) is 10.5. The van der Waals surface area contributed by atoms with E-state index in [1.807, 2.05) is 4.90 Å². The second-order valence-corrected chi connectivity index (χ2v) is 5.98. The van der Waals surface area contributed by atoms with Crippen molar-refractivity contribution in [1.29, 1.82) is 0 Å². The molecule has 0 unspecified atom stereocenters. The number of rotatable bonds is 7. The van der Waals surface area contributed by atoms with Crippen LogP contribution in [0.15, 0.2) is 24.3 Å². The number of carbonyl (C=O) groups is 2. The molecule has 6 heteroatoms. The summed E-state index contributed by atoms with van der Waals surface area (Å²) in [5, 5.41) is 2.80. The van der Waals surface area contributed by atoms with Gasteiger partial charge < -0.3 is 16.0 Å². The van der Waals surface area contributed by atoms with Crippen LogP contribution in [0.5, 0.6) is 0 Å². The Bertz CT molecular complexity index is 535. The number of nitrogens with one attached hydrogen (secondary N) is 1. The summed E-state index contributed by atoms with van der Waals surface area (Å²) in [5.74, 6) is -0.107. The van der Waals surface area contributed by atoms with Crippen LogP contribution in [0, 0.1) is 0 Å². The van der Waals surface area contributed by atoms with Crippen LogP contribution in [0.3, 0.4) is 0 Å². The molecule has 0 spiro atoms. The van der Waals surface area contributed by atoms with Crippen molar-refractivity contribution in [3.63, 3.8) is 0 Å². The molecule has 0 aromatic heterocycles. The van der Waals surface area contributed by atoms with Gasteiger partial charge in [0, 0.05) is 24.3 Å². The van der Waals surface area contributed by atoms with E-state index in [0.29, 0.717) is 11.3 Å². The largest absolute Gasteiger partial charge is 0.339 e. The second-order valence-electron chi connectivity index (χ2n) is 5.98. The summed E-state index contributed by atoms with van der Waals surface area (Å²) in [6.45, 7) is 5.66. The van der Waals surface area contributed by atoms with Gasteiger partial charge in [0.25, 0.3) is 5.91 Å². The highest BCUT2D eigenvalue weighted by molar-refractivity contribution is 6.00. The Kier molecular flexibility index (Phi) is 7.03. The fourth-order valence-corrected chi connectivity index (χ4v) is 2.35. The average molecular weight is 340 g/mol. The smallest absolute Gasteiger partial charge is 0.253 e. The molecule has 1 aliphatic carbocycles. The first kappa shape index (κ1) is 19.5. The van der Waals surface area contributed by atoms with Crippen molar-refractivity contribution in [2.75, 3.05) is 18.4 Å². The molecule has 1 aromatic carbocycles. The standard InChI is InChI=1S/C17H25N3O2.ClH/c1-3-11-20(12-4-2)15(21)13-5-7-14(8-6-13)19-16(22)17(18)9-10-17;/h5-8H,3-4,9-12,18H2,1-2H3,(H,19,22);1H. The summed E-state index contributed by atoms with van der Waals surface area (Å²) in [6.07, 6.45) is 3.35. The molecule has 0 radical (unpaired) electrons. The summed E-state index contributed by atoms with van der Waals surface area (Å²) in [7, 11) is 0. The lowest BCUT2D eigenvalue weighted by Crippen LogP contribution is -2.37. The Morgan fingerprint density at radius 3 is 2.09 bits per heavy atom. The lowest BCUT2D eigenvalue weighted by atomic mass is 10.1. The summed E-state index contributed by atoms with van der Waals surface area (Å²) < 4.78 is 0. The van der Waals surface area contributed by atoms with E-state index < -0.39 is 5.54 Å². The number of halogens is 1. The van der Waals surface area contributed by atoms with Gasteiger partial charge >= 0.3 is 0 Å². The van der Waals surface area contributed by atoms with E-state index in [4.69, 9.17) is 5.73 Å². The van der Waals surface area contributed by atoms with Gasteiger partial charge in [0.15, 0.2) is 0 Å². The molecule has 0 atom stereocenters. The van der Waals surface area contributed by atoms with Crippen LogP contribution in [-0.2, 0) is 4.79 Å². The Morgan fingerprint density at radius 1 is 1.13 bits per heavy atom. The van der Waals surface area contributed by atoms with Gasteiger partial charge in [-0.2, -0.15) is 0 Å². The van der Waals surface area contributed by atoms with Gasteiger partial charge in [-0.05, 0) is 49.9 Å². The number of anilines is 1. The number of nitrogens with zero attached hydrogens (tertiary/aromatic N) is 1.